The number of hydrogen-bond acceptors (Lipinski definition) is 2. The SMILES string of the molecule is COc1c(F)ccc(Br)c1CCC1(N)CC1. The third kappa shape index (κ3) is 2.38. The van der Waals surface area contributed by atoms with Crippen LogP contribution in [0.5, 0.6) is 5.75 Å². The van der Waals surface area contributed by atoms with Gasteiger partial charge in [-0.25, -0.2) is 4.39 Å². The Balaban J connectivity index is 2.20. The molecule has 0 spiro atoms. The van der Waals surface area contributed by atoms with Crippen LogP contribution < -0.4 is 10.5 Å². The van der Waals surface area contributed by atoms with Gasteiger partial charge in [0, 0.05) is 15.6 Å². The molecular weight excluding hydrogens is 273 g/mol. The molecule has 1 aliphatic carbocycles. The minimum absolute atomic E-state index is 0.0171. The number of halogens is 2. The Kier molecular flexibility index (Phi) is 3.22. The molecule has 0 atom stereocenters. The van der Waals surface area contributed by atoms with Gasteiger partial charge in [-0.2, -0.15) is 0 Å². The second kappa shape index (κ2) is 4.34. The fraction of sp³-hybridized carbons (Fsp3) is 0.500. The van der Waals surface area contributed by atoms with Crippen LogP contribution in [0.3, 0.4) is 0 Å². The first-order valence-electron chi connectivity index (χ1n) is 5.35. The van der Waals surface area contributed by atoms with E-state index in [2.05, 4.69) is 15.9 Å². The Morgan fingerprint density at radius 1 is 1.50 bits per heavy atom. The smallest absolute Gasteiger partial charge is 0.165 e. The number of benzene rings is 1. The van der Waals surface area contributed by atoms with Crippen molar-refractivity contribution in [1.29, 1.82) is 0 Å². The van der Waals surface area contributed by atoms with Gasteiger partial charge in [0.25, 0.3) is 0 Å². The lowest BCUT2D eigenvalue weighted by atomic mass is 10.0. The van der Waals surface area contributed by atoms with E-state index in [0.717, 1.165) is 35.7 Å². The van der Waals surface area contributed by atoms with Crippen LogP contribution in [0.4, 0.5) is 4.39 Å². The Labute approximate surface area is 103 Å². The Morgan fingerprint density at radius 2 is 2.19 bits per heavy atom. The normalized spacial score (nSPS) is 17.2. The van der Waals surface area contributed by atoms with Crippen molar-refractivity contribution in [2.45, 2.75) is 31.2 Å². The zero-order valence-corrected chi connectivity index (χ0v) is 10.8. The van der Waals surface area contributed by atoms with Crippen LogP contribution >= 0.6 is 15.9 Å². The van der Waals surface area contributed by atoms with E-state index in [4.69, 9.17) is 10.5 Å². The number of ether oxygens (including phenoxy) is 1. The second-order valence-electron chi connectivity index (χ2n) is 4.40. The predicted molar refractivity (Wildman–Crippen MR) is 65.1 cm³/mol. The molecule has 1 aliphatic rings. The molecule has 16 heavy (non-hydrogen) atoms. The molecule has 1 fully saturated rings. The maximum absolute atomic E-state index is 13.5. The Morgan fingerprint density at radius 3 is 2.75 bits per heavy atom. The van der Waals surface area contributed by atoms with Crippen molar-refractivity contribution in [3.8, 4) is 5.75 Å². The summed E-state index contributed by atoms with van der Waals surface area (Å²) in [4.78, 5) is 0. The summed E-state index contributed by atoms with van der Waals surface area (Å²) >= 11 is 3.42. The van der Waals surface area contributed by atoms with Gasteiger partial charge in [-0.1, -0.05) is 15.9 Å². The molecule has 4 heteroatoms. The lowest BCUT2D eigenvalue weighted by Gasteiger charge is -2.13. The molecule has 2 N–H and O–H groups in total. The summed E-state index contributed by atoms with van der Waals surface area (Å²) in [5.74, 6) is 0.0150. The number of methoxy groups -OCH3 is 1. The zero-order valence-electron chi connectivity index (χ0n) is 9.22. The topological polar surface area (TPSA) is 35.2 Å². The molecule has 0 unspecified atom stereocenters. The Hall–Kier alpha value is -0.610. The molecule has 2 rings (SSSR count). The summed E-state index contributed by atoms with van der Waals surface area (Å²) in [6.45, 7) is 0. The van der Waals surface area contributed by atoms with Gasteiger partial charge >= 0.3 is 0 Å². The van der Waals surface area contributed by atoms with Gasteiger partial charge < -0.3 is 10.5 Å². The molecule has 88 valence electrons. The molecular formula is C12H15BrFNO. The molecule has 0 bridgehead atoms. The van der Waals surface area contributed by atoms with Gasteiger partial charge in [0.15, 0.2) is 11.6 Å². The van der Waals surface area contributed by atoms with E-state index in [1.165, 1.54) is 13.2 Å². The molecule has 2 nitrogen and oxygen atoms in total. The minimum atomic E-state index is -0.317. The standard InChI is InChI=1S/C12H15BrFNO/c1-16-11-8(4-5-12(15)6-7-12)9(13)2-3-10(11)14/h2-3H,4-7,15H2,1H3. The van der Waals surface area contributed by atoms with Crippen LogP contribution in [0.2, 0.25) is 0 Å². The van der Waals surface area contributed by atoms with Gasteiger partial charge in [0.05, 0.1) is 7.11 Å². The highest BCUT2D eigenvalue weighted by atomic mass is 79.9. The fourth-order valence-electron chi connectivity index (χ4n) is 1.81. The molecule has 1 aromatic rings. The first-order valence-corrected chi connectivity index (χ1v) is 6.15. The number of nitrogens with two attached hydrogens (primary N) is 1. The molecule has 1 aromatic carbocycles. The van der Waals surface area contributed by atoms with Crippen LogP contribution in [0.15, 0.2) is 16.6 Å². The van der Waals surface area contributed by atoms with E-state index >= 15 is 0 Å². The average molecular weight is 288 g/mol. The highest BCUT2D eigenvalue weighted by Gasteiger charge is 2.37. The van der Waals surface area contributed by atoms with Crippen molar-refractivity contribution in [2.75, 3.05) is 7.11 Å². The number of hydrogen-bond donors (Lipinski definition) is 1. The maximum Gasteiger partial charge on any atom is 0.165 e. The van der Waals surface area contributed by atoms with Crippen LogP contribution in [-0.2, 0) is 6.42 Å². The van der Waals surface area contributed by atoms with E-state index in [9.17, 15) is 4.39 Å². The molecule has 0 radical (unpaired) electrons. The van der Waals surface area contributed by atoms with Crippen LogP contribution in [0.1, 0.15) is 24.8 Å². The minimum Gasteiger partial charge on any atom is -0.493 e. The van der Waals surface area contributed by atoms with Crippen molar-refractivity contribution in [3.63, 3.8) is 0 Å². The summed E-state index contributed by atoms with van der Waals surface area (Å²) in [6.07, 6.45) is 3.77. The second-order valence-corrected chi connectivity index (χ2v) is 5.26. The predicted octanol–water partition coefficient (Wildman–Crippen LogP) is 3.02. The van der Waals surface area contributed by atoms with Crippen LogP contribution in [0.25, 0.3) is 0 Å². The Bertz CT molecular complexity index is 404. The van der Waals surface area contributed by atoms with Crippen molar-refractivity contribution in [2.24, 2.45) is 5.73 Å². The zero-order chi connectivity index (χ0) is 11.8. The van der Waals surface area contributed by atoms with E-state index in [1.54, 1.807) is 6.07 Å². The van der Waals surface area contributed by atoms with Gasteiger partial charge in [0.2, 0.25) is 0 Å². The largest absolute Gasteiger partial charge is 0.493 e. The lowest BCUT2D eigenvalue weighted by molar-refractivity contribution is 0.379. The van der Waals surface area contributed by atoms with Crippen LogP contribution in [0, 0.1) is 5.82 Å². The third-order valence-electron chi connectivity index (χ3n) is 3.12. The van der Waals surface area contributed by atoms with Gasteiger partial charge in [-0.15, -0.1) is 0 Å². The summed E-state index contributed by atoms with van der Waals surface area (Å²) in [7, 11) is 1.49. The van der Waals surface area contributed by atoms with E-state index < -0.39 is 0 Å². The molecule has 0 aliphatic heterocycles. The molecule has 0 heterocycles. The van der Waals surface area contributed by atoms with Crippen molar-refractivity contribution >= 4 is 15.9 Å². The van der Waals surface area contributed by atoms with Crippen LogP contribution in [-0.4, -0.2) is 12.6 Å². The van der Waals surface area contributed by atoms with E-state index in [1.807, 2.05) is 0 Å². The average Bonchev–Trinajstić information content (AvgIpc) is 2.98. The lowest BCUT2D eigenvalue weighted by Crippen LogP contribution is -2.22. The van der Waals surface area contributed by atoms with Gasteiger partial charge in [-0.05, 0) is 37.8 Å². The third-order valence-corrected chi connectivity index (χ3v) is 3.87. The van der Waals surface area contributed by atoms with E-state index in [-0.39, 0.29) is 11.4 Å². The quantitative estimate of drug-likeness (QED) is 0.924. The molecule has 0 saturated heterocycles. The highest BCUT2D eigenvalue weighted by molar-refractivity contribution is 9.10. The summed E-state index contributed by atoms with van der Waals surface area (Å²) in [5, 5.41) is 0. The number of rotatable bonds is 4. The summed E-state index contributed by atoms with van der Waals surface area (Å²) in [6, 6.07) is 3.12. The molecule has 1 saturated carbocycles. The molecule has 0 aromatic heterocycles. The first kappa shape index (κ1) is 11.9. The molecule has 0 amide bonds. The maximum atomic E-state index is 13.5. The summed E-state index contributed by atoms with van der Waals surface area (Å²) < 4.78 is 19.5. The van der Waals surface area contributed by atoms with Gasteiger partial charge in [-0.3, -0.25) is 0 Å². The first-order chi connectivity index (χ1) is 7.56. The van der Waals surface area contributed by atoms with Crippen molar-refractivity contribution in [3.05, 3.63) is 28.0 Å². The highest BCUT2D eigenvalue weighted by Crippen LogP contribution is 2.39. The summed E-state index contributed by atoms with van der Waals surface area (Å²) in [5.41, 5.74) is 6.88. The fourth-order valence-corrected chi connectivity index (χ4v) is 2.32. The van der Waals surface area contributed by atoms with Gasteiger partial charge in [0.1, 0.15) is 0 Å². The van der Waals surface area contributed by atoms with Crippen molar-refractivity contribution in [1.82, 2.24) is 0 Å². The van der Waals surface area contributed by atoms with Crippen molar-refractivity contribution < 1.29 is 9.13 Å². The monoisotopic (exact) mass is 287 g/mol. The van der Waals surface area contributed by atoms with E-state index in [0.29, 0.717) is 5.75 Å².